The van der Waals surface area contributed by atoms with Crippen molar-refractivity contribution in [2.45, 2.75) is 0 Å². The van der Waals surface area contributed by atoms with Crippen molar-refractivity contribution in [1.29, 1.82) is 0 Å². The fourth-order valence-corrected chi connectivity index (χ4v) is 0.745. The summed E-state index contributed by atoms with van der Waals surface area (Å²) < 4.78 is 0. The Kier molecular flexibility index (Phi) is 3.66. The SMILES string of the molecule is O.O=CC(=O)c1ccccc1O. The van der Waals surface area contributed by atoms with E-state index in [1.807, 2.05) is 0 Å². The van der Waals surface area contributed by atoms with Crippen LogP contribution < -0.4 is 0 Å². The lowest BCUT2D eigenvalue weighted by atomic mass is 10.1. The molecule has 4 heteroatoms. The Hall–Kier alpha value is -1.68. The van der Waals surface area contributed by atoms with Crippen LogP contribution in [0.3, 0.4) is 0 Å². The third kappa shape index (κ3) is 1.90. The van der Waals surface area contributed by atoms with Crippen LogP contribution in [-0.2, 0) is 4.79 Å². The van der Waals surface area contributed by atoms with E-state index in [-0.39, 0.29) is 23.1 Å². The number of carbonyl (C=O) groups is 2. The first-order valence-electron chi connectivity index (χ1n) is 3.03. The zero-order valence-corrected chi connectivity index (χ0v) is 6.15. The minimum Gasteiger partial charge on any atom is -0.507 e. The molecule has 64 valence electrons. The molecule has 0 fully saturated rings. The number of phenols is 1. The second-order valence-corrected chi connectivity index (χ2v) is 2.00. The summed E-state index contributed by atoms with van der Waals surface area (Å²) in [5.74, 6) is -0.868. The first kappa shape index (κ1) is 10.3. The lowest BCUT2D eigenvalue weighted by Crippen LogP contribution is -1.99. The number of aldehydes is 1. The van der Waals surface area contributed by atoms with E-state index in [9.17, 15) is 9.59 Å². The highest BCUT2D eigenvalue weighted by atomic mass is 16.3. The summed E-state index contributed by atoms with van der Waals surface area (Å²) in [6.07, 6.45) is 0.176. The maximum absolute atomic E-state index is 10.7. The van der Waals surface area contributed by atoms with Crippen LogP contribution in [0.2, 0.25) is 0 Å². The number of benzene rings is 1. The topological polar surface area (TPSA) is 85.9 Å². The van der Waals surface area contributed by atoms with E-state index in [1.165, 1.54) is 12.1 Å². The largest absolute Gasteiger partial charge is 0.507 e. The van der Waals surface area contributed by atoms with Gasteiger partial charge in [-0.1, -0.05) is 12.1 Å². The highest BCUT2D eigenvalue weighted by Gasteiger charge is 2.07. The lowest BCUT2D eigenvalue weighted by molar-refractivity contribution is -0.104. The summed E-state index contributed by atoms with van der Waals surface area (Å²) in [4.78, 5) is 20.7. The van der Waals surface area contributed by atoms with Crippen LogP contribution in [0, 0.1) is 0 Å². The highest BCUT2D eigenvalue weighted by molar-refractivity contribution is 6.34. The number of Topliss-reactive ketones (excluding diaryl/α,β-unsaturated/α-hetero) is 1. The molecule has 0 aliphatic rings. The van der Waals surface area contributed by atoms with Crippen LogP contribution in [0.5, 0.6) is 5.75 Å². The molecular weight excluding hydrogens is 160 g/mol. The molecule has 0 saturated heterocycles. The van der Waals surface area contributed by atoms with Crippen molar-refractivity contribution >= 4 is 12.1 Å². The van der Waals surface area contributed by atoms with Gasteiger partial charge in [-0.15, -0.1) is 0 Å². The number of hydrogen-bond donors (Lipinski definition) is 1. The molecule has 0 aromatic heterocycles. The zero-order chi connectivity index (χ0) is 8.27. The van der Waals surface area contributed by atoms with Crippen molar-refractivity contribution in [2.75, 3.05) is 0 Å². The summed E-state index contributed by atoms with van der Waals surface area (Å²) >= 11 is 0. The minimum absolute atomic E-state index is 0. The third-order valence-corrected chi connectivity index (χ3v) is 1.28. The van der Waals surface area contributed by atoms with E-state index < -0.39 is 5.78 Å². The number of para-hydroxylation sites is 1. The van der Waals surface area contributed by atoms with E-state index in [4.69, 9.17) is 5.11 Å². The van der Waals surface area contributed by atoms with Gasteiger partial charge in [0.2, 0.25) is 5.78 Å². The molecule has 1 aromatic rings. The van der Waals surface area contributed by atoms with Gasteiger partial charge < -0.3 is 10.6 Å². The maximum Gasteiger partial charge on any atom is 0.229 e. The molecule has 0 aliphatic carbocycles. The van der Waals surface area contributed by atoms with Gasteiger partial charge in [-0.3, -0.25) is 9.59 Å². The van der Waals surface area contributed by atoms with Gasteiger partial charge in [0.1, 0.15) is 5.75 Å². The van der Waals surface area contributed by atoms with Gasteiger partial charge in [0.15, 0.2) is 6.29 Å². The molecule has 1 aromatic carbocycles. The first-order chi connectivity index (χ1) is 5.25. The van der Waals surface area contributed by atoms with Crippen molar-refractivity contribution in [3.8, 4) is 5.75 Å². The lowest BCUT2D eigenvalue weighted by Gasteiger charge is -1.95. The molecule has 0 heterocycles. The summed E-state index contributed by atoms with van der Waals surface area (Å²) in [6, 6.07) is 5.91. The van der Waals surface area contributed by atoms with Gasteiger partial charge in [0.05, 0.1) is 5.56 Å². The number of hydrogen-bond acceptors (Lipinski definition) is 3. The Morgan fingerprint density at radius 3 is 2.42 bits per heavy atom. The molecule has 0 aliphatic heterocycles. The predicted molar refractivity (Wildman–Crippen MR) is 42.1 cm³/mol. The molecular formula is C8H8O4. The average Bonchev–Trinajstić information content (AvgIpc) is 2.04. The van der Waals surface area contributed by atoms with Crippen LogP contribution in [0.1, 0.15) is 10.4 Å². The first-order valence-corrected chi connectivity index (χ1v) is 3.03. The van der Waals surface area contributed by atoms with Gasteiger partial charge in [0.25, 0.3) is 0 Å². The second-order valence-electron chi connectivity index (χ2n) is 2.00. The van der Waals surface area contributed by atoms with Gasteiger partial charge in [-0.2, -0.15) is 0 Å². The molecule has 0 radical (unpaired) electrons. The number of rotatable bonds is 2. The quantitative estimate of drug-likeness (QED) is 0.381. The van der Waals surface area contributed by atoms with Crippen molar-refractivity contribution in [3.63, 3.8) is 0 Å². The molecule has 0 spiro atoms. The van der Waals surface area contributed by atoms with Gasteiger partial charge in [-0.25, -0.2) is 0 Å². The summed E-state index contributed by atoms with van der Waals surface area (Å²) in [7, 11) is 0. The highest BCUT2D eigenvalue weighted by Crippen LogP contribution is 2.14. The fraction of sp³-hybridized carbons (Fsp3) is 0. The third-order valence-electron chi connectivity index (χ3n) is 1.28. The van der Waals surface area contributed by atoms with E-state index in [0.29, 0.717) is 0 Å². The fourth-order valence-electron chi connectivity index (χ4n) is 0.745. The van der Waals surface area contributed by atoms with Crippen LogP contribution in [-0.4, -0.2) is 22.7 Å². The van der Waals surface area contributed by atoms with Crippen LogP contribution >= 0.6 is 0 Å². The molecule has 12 heavy (non-hydrogen) atoms. The molecule has 0 bridgehead atoms. The van der Waals surface area contributed by atoms with Crippen LogP contribution in [0.15, 0.2) is 24.3 Å². The van der Waals surface area contributed by atoms with Crippen molar-refractivity contribution in [2.24, 2.45) is 0 Å². The van der Waals surface area contributed by atoms with Crippen LogP contribution in [0.25, 0.3) is 0 Å². The Labute approximate surface area is 68.8 Å². The smallest absolute Gasteiger partial charge is 0.229 e. The number of aromatic hydroxyl groups is 1. The Morgan fingerprint density at radius 1 is 1.33 bits per heavy atom. The Bertz CT molecular complexity index is 293. The summed E-state index contributed by atoms with van der Waals surface area (Å²) in [6.45, 7) is 0. The van der Waals surface area contributed by atoms with Crippen molar-refractivity contribution in [1.82, 2.24) is 0 Å². The van der Waals surface area contributed by atoms with E-state index in [1.54, 1.807) is 12.1 Å². The Morgan fingerprint density at radius 2 is 1.92 bits per heavy atom. The molecule has 3 N–H and O–H groups in total. The van der Waals surface area contributed by atoms with Crippen molar-refractivity contribution < 1.29 is 20.2 Å². The van der Waals surface area contributed by atoms with Crippen molar-refractivity contribution in [3.05, 3.63) is 29.8 Å². The standard InChI is InChI=1S/C8H6O3.H2O/c9-5-8(11)6-3-1-2-4-7(6)10;/h1-5,10H;1H2. The molecule has 4 nitrogen and oxygen atoms in total. The van der Waals surface area contributed by atoms with E-state index in [0.717, 1.165) is 0 Å². The number of phenolic OH excluding ortho intramolecular Hbond substituents is 1. The summed E-state index contributed by atoms with van der Waals surface area (Å²) in [5.41, 5.74) is 0.0440. The van der Waals surface area contributed by atoms with Gasteiger partial charge >= 0.3 is 0 Å². The normalized spacial score (nSPS) is 8.33. The average molecular weight is 168 g/mol. The molecule has 0 unspecified atom stereocenters. The minimum atomic E-state index is -0.705. The van der Waals surface area contributed by atoms with Gasteiger partial charge in [0, 0.05) is 0 Å². The van der Waals surface area contributed by atoms with E-state index >= 15 is 0 Å². The molecule has 1 rings (SSSR count). The number of carbonyl (C=O) groups excluding carboxylic acids is 2. The Balaban J connectivity index is 0.00000121. The second kappa shape index (κ2) is 4.25. The molecule has 0 saturated carbocycles. The maximum atomic E-state index is 10.7. The van der Waals surface area contributed by atoms with Gasteiger partial charge in [-0.05, 0) is 12.1 Å². The number of ketones is 1. The molecule has 0 atom stereocenters. The zero-order valence-electron chi connectivity index (χ0n) is 6.15. The molecule has 0 amide bonds. The van der Waals surface area contributed by atoms with E-state index in [2.05, 4.69) is 0 Å². The predicted octanol–water partition coefficient (Wildman–Crippen LogP) is -0.0509. The monoisotopic (exact) mass is 168 g/mol. The van der Waals surface area contributed by atoms with Crippen LogP contribution in [0.4, 0.5) is 0 Å². The summed E-state index contributed by atoms with van der Waals surface area (Å²) in [5, 5.41) is 9.03.